The van der Waals surface area contributed by atoms with Crippen LogP contribution in [0.1, 0.15) is 85.0 Å². The van der Waals surface area contributed by atoms with Gasteiger partial charge in [0.05, 0.1) is 44.5 Å². The Bertz CT molecular complexity index is 2340. The molecule has 0 atom stereocenters. The molecule has 0 amide bonds. The van der Waals surface area contributed by atoms with E-state index >= 15 is 0 Å². The first-order valence-electron chi connectivity index (χ1n) is 21.8. The molecule has 0 aromatic heterocycles. The van der Waals surface area contributed by atoms with E-state index in [-0.39, 0.29) is 33.2 Å². The van der Waals surface area contributed by atoms with Crippen molar-refractivity contribution in [1.29, 1.82) is 0 Å². The van der Waals surface area contributed by atoms with Crippen molar-refractivity contribution < 1.29 is 129 Å². The summed E-state index contributed by atoms with van der Waals surface area (Å²) in [6.45, 7) is 9.57. The Morgan fingerprint density at radius 3 is 0.688 bits per heavy atom. The van der Waals surface area contributed by atoms with Gasteiger partial charge in [0.15, 0.2) is 0 Å². The molecule has 77 heavy (non-hydrogen) atoms. The molecule has 0 saturated carbocycles. The van der Waals surface area contributed by atoms with Gasteiger partial charge in [-0.1, -0.05) is 114 Å². The van der Waals surface area contributed by atoms with Crippen LogP contribution < -0.4 is 21.9 Å². The number of alkyl halides is 24. The van der Waals surface area contributed by atoms with Gasteiger partial charge >= 0.3 is 49.4 Å². The summed E-state index contributed by atoms with van der Waals surface area (Å²) in [5.41, 5.74) is -27.4. The van der Waals surface area contributed by atoms with Gasteiger partial charge in [-0.15, -0.1) is 0 Å². The Hall–Kier alpha value is -4.79. The Morgan fingerprint density at radius 1 is 0.351 bits per heavy atom. The molecule has 0 nitrogen and oxygen atoms in total. The van der Waals surface area contributed by atoms with Crippen molar-refractivity contribution in [2.75, 3.05) is 0 Å². The summed E-state index contributed by atoms with van der Waals surface area (Å²) in [5, 5.41) is 0. The predicted molar refractivity (Wildman–Crippen MR) is 236 cm³/mol. The fourth-order valence-electron chi connectivity index (χ4n) is 8.77. The molecule has 1 aliphatic carbocycles. The second-order valence-electron chi connectivity index (χ2n) is 17.7. The molecule has 1 aliphatic rings. The zero-order chi connectivity index (χ0) is 58.2. The van der Waals surface area contributed by atoms with Gasteiger partial charge in [0.25, 0.3) is 0 Å². The predicted octanol–water partition coefficient (Wildman–Crippen LogP) is 17.0. The van der Waals surface area contributed by atoms with E-state index in [1.165, 1.54) is 25.0 Å². The molecule has 0 aliphatic heterocycles. The van der Waals surface area contributed by atoms with Crippen molar-refractivity contribution in [2.45, 2.75) is 107 Å². The van der Waals surface area contributed by atoms with E-state index in [1.807, 2.05) is 0 Å². The Labute approximate surface area is 436 Å². The third-order valence-corrected chi connectivity index (χ3v) is 15.4. The molecule has 0 fully saturated rings. The quantitative estimate of drug-likeness (QED) is 0.0659. The molecule has 0 heterocycles. The molecule has 0 N–H and O–H groups in total. The number of benzene rings is 5. The molecule has 5 aromatic carbocycles. The molecule has 0 bridgehead atoms. The van der Waals surface area contributed by atoms with Crippen LogP contribution in [0.2, 0.25) is 0 Å². The van der Waals surface area contributed by atoms with E-state index in [0.29, 0.717) is 0 Å². The van der Waals surface area contributed by atoms with E-state index in [4.69, 9.17) is 0 Å². The van der Waals surface area contributed by atoms with Gasteiger partial charge in [0, 0.05) is 19.5 Å². The van der Waals surface area contributed by atoms with E-state index in [2.05, 4.69) is 39.8 Å². The van der Waals surface area contributed by atoms with E-state index in [1.54, 1.807) is 18.2 Å². The monoisotopic (exact) mass is 1250 g/mol. The van der Waals surface area contributed by atoms with Crippen LogP contribution in [-0.2, 0) is 68.9 Å². The Kier molecular flexibility index (Phi) is 20.6. The van der Waals surface area contributed by atoms with Crippen LogP contribution in [0.25, 0.3) is 0 Å². The molecule has 0 spiro atoms. The molecule has 0 unspecified atom stereocenters. The smallest absolute Gasteiger partial charge is 0.207 e. The zero-order valence-electron chi connectivity index (χ0n) is 39.4. The van der Waals surface area contributed by atoms with Crippen LogP contribution in [-0.4, -0.2) is 23.1 Å². The van der Waals surface area contributed by atoms with Crippen LogP contribution in [0, 0.1) is 5.82 Å². The molecule has 6 rings (SSSR count). The van der Waals surface area contributed by atoms with Crippen molar-refractivity contribution >= 4 is 35.9 Å². The minimum absolute atomic E-state index is 0. The Morgan fingerprint density at radius 2 is 0.545 bits per heavy atom. The third-order valence-electron chi connectivity index (χ3n) is 11.8. The summed E-state index contributed by atoms with van der Waals surface area (Å²) in [6.07, 6.45) is -47.4. The normalized spacial score (nSPS) is 14.3. The minimum atomic E-state index is -6.13. The molecule has 5 aromatic rings. The van der Waals surface area contributed by atoms with Crippen molar-refractivity contribution in [1.82, 2.24) is 0 Å². The van der Waals surface area contributed by atoms with Crippen LogP contribution in [0.4, 0.5) is 110 Å². The van der Waals surface area contributed by atoms with Crippen molar-refractivity contribution in [3.63, 3.8) is 0 Å². The fraction of sp³-hybridized carbons (Fsp3) is 0.347. The molecular weight excluding hydrogens is 1210 g/mol. The minimum Gasteiger partial charge on any atom is -0.207 e. The van der Waals surface area contributed by atoms with Gasteiger partial charge in [0.1, 0.15) is 12.0 Å². The van der Waals surface area contributed by atoms with E-state index in [9.17, 15) is 110 Å². The number of halogens is 25. The van der Waals surface area contributed by atoms with Crippen LogP contribution in [0.5, 0.6) is 0 Å². The number of hydrogen-bond acceptors (Lipinski definition) is 0. The van der Waals surface area contributed by atoms with Crippen LogP contribution in [0.3, 0.4) is 0 Å². The van der Waals surface area contributed by atoms with Crippen molar-refractivity contribution in [3.05, 3.63) is 166 Å². The second kappa shape index (κ2) is 23.9. The second-order valence-corrected chi connectivity index (χ2v) is 21.4. The largest absolute Gasteiger partial charge is 0.416 e. The van der Waals surface area contributed by atoms with Gasteiger partial charge in [0.2, 0.25) is 0 Å². The summed E-state index contributed by atoms with van der Waals surface area (Å²) in [4.78, 5) is 0. The Balaban J connectivity index is 0.000000649. The van der Waals surface area contributed by atoms with Gasteiger partial charge < -0.3 is 0 Å². The number of hydrogen-bond donors (Lipinski definition) is 0. The maximum Gasteiger partial charge on any atom is 0.416 e. The summed E-state index contributed by atoms with van der Waals surface area (Å²) in [5.74, 6) is -0.178. The third kappa shape index (κ3) is 16.9. The number of allylic oxidation sites excluding steroid dienone is 2. The summed E-state index contributed by atoms with van der Waals surface area (Å²) in [6, 6.07) is -0.872. The van der Waals surface area contributed by atoms with Gasteiger partial charge in [-0.05, 0) is 66.2 Å². The maximum atomic E-state index is 14.2. The van der Waals surface area contributed by atoms with E-state index < -0.39 is 195 Å². The first-order chi connectivity index (χ1) is 34.3. The summed E-state index contributed by atoms with van der Waals surface area (Å²) in [7, 11) is 0.258. The zero-order valence-corrected chi connectivity index (χ0v) is 42.0. The van der Waals surface area contributed by atoms with Crippen molar-refractivity contribution in [3.8, 4) is 0 Å². The topological polar surface area (TPSA) is 0 Å². The molecule has 427 valence electrons. The fourth-order valence-corrected chi connectivity index (χ4v) is 12.4. The van der Waals surface area contributed by atoms with Gasteiger partial charge in [-0.25, -0.2) is 4.39 Å². The number of rotatable bonds is 7. The van der Waals surface area contributed by atoms with Crippen LogP contribution in [0.15, 0.2) is 115 Å². The molecular formula is C49H38BF25PRh-. The van der Waals surface area contributed by atoms with Gasteiger partial charge in [-0.2, -0.15) is 127 Å². The molecule has 1 radical (unpaired) electrons. The standard InChI is InChI=1S/C32H12BF24.C11H21P.C6H5F.Rh/c34-25(35,36)13-1-14(26(37,38)39)6-21(5-13)33(22-7-15(27(40,41)42)2-16(8-22)28(43,44)45,23-9-17(29(46,47)48)3-18(10-23)30(49,50)51)24-11-19(31(52,53)54)4-20(12-24)32(55,56)57;1-9(2)12(10(3)4)11-7-5-6-8-11;7-6-4-2-1-3-5-6;/h1-12H;5-6,9-11H,7-8H2,1-4H3;1-5H;/q-1;;;. The average Bonchev–Trinajstić information content (AvgIpc) is 3.78. The SMILES string of the molecule is CC(C)P(C(C)C)C1CC=CC1.FC(F)(F)c1cc([B-](c2cc(C(F)(F)F)cc(C(F)(F)F)c2)(c2cc(C(F)(F)F)cc(C(F)(F)F)c2)c2cc(C(F)(F)F)cc(C(F)(F)F)c2)cc(C(F)(F)F)c1.Fc1ccccc1.[Rh]. The molecule has 28 heteroatoms. The summed E-state index contributed by atoms with van der Waals surface area (Å²) < 4.78 is 353. The first-order valence-corrected chi connectivity index (χ1v) is 23.3. The van der Waals surface area contributed by atoms with Crippen LogP contribution >= 0.6 is 7.92 Å². The van der Waals surface area contributed by atoms with Gasteiger partial charge in [-0.3, -0.25) is 0 Å². The van der Waals surface area contributed by atoms with Crippen molar-refractivity contribution in [2.24, 2.45) is 0 Å². The summed E-state index contributed by atoms with van der Waals surface area (Å²) >= 11 is 0. The average molecular weight is 1250 g/mol. The first kappa shape index (κ1) is 66.5. The maximum absolute atomic E-state index is 14.2. The van der Waals surface area contributed by atoms with E-state index in [0.717, 1.165) is 17.0 Å². The molecule has 0 saturated heterocycles.